The lowest BCUT2D eigenvalue weighted by Crippen LogP contribution is -2.02. The van der Waals surface area contributed by atoms with Crippen LogP contribution in [0, 0.1) is 5.41 Å². The summed E-state index contributed by atoms with van der Waals surface area (Å²) in [4.78, 5) is 10.4. The van der Waals surface area contributed by atoms with Gasteiger partial charge in [0.15, 0.2) is 0 Å². The van der Waals surface area contributed by atoms with Crippen molar-refractivity contribution in [1.82, 2.24) is 0 Å². The van der Waals surface area contributed by atoms with E-state index in [9.17, 15) is 4.79 Å². The Kier molecular flexibility index (Phi) is 2.17. The number of carbonyl (C=O) groups is 1. The zero-order valence-electron chi connectivity index (χ0n) is 5.72. The van der Waals surface area contributed by atoms with Crippen molar-refractivity contribution in [2.75, 3.05) is 12.0 Å². The van der Waals surface area contributed by atoms with E-state index in [0.717, 1.165) is 31.3 Å². The molecule has 0 heterocycles. The van der Waals surface area contributed by atoms with Crippen molar-refractivity contribution >= 4 is 18.0 Å². The Bertz CT molecular complexity index is 107. The average Bonchev–Trinajstić information content (AvgIpc) is 2.65. The molecular weight excluding hydrogens is 132 g/mol. The summed E-state index contributed by atoms with van der Waals surface area (Å²) in [6, 6.07) is 0. The SMILES string of the molecule is CSCCC1(C=O)CC1. The zero-order chi connectivity index (χ0) is 6.74. The molecule has 1 aliphatic rings. The molecule has 0 spiro atoms. The molecule has 52 valence electrons. The van der Waals surface area contributed by atoms with Crippen LogP contribution in [0.1, 0.15) is 19.3 Å². The number of hydrogen-bond donors (Lipinski definition) is 0. The molecule has 0 aliphatic heterocycles. The Hall–Kier alpha value is 0.0200. The van der Waals surface area contributed by atoms with Crippen LogP contribution in [0.15, 0.2) is 0 Å². The molecule has 0 amide bonds. The van der Waals surface area contributed by atoms with Crippen LogP contribution in [0.25, 0.3) is 0 Å². The molecule has 0 unspecified atom stereocenters. The van der Waals surface area contributed by atoms with Crippen LogP contribution in [0.3, 0.4) is 0 Å². The van der Waals surface area contributed by atoms with Crippen molar-refractivity contribution in [2.24, 2.45) is 5.41 Å². The number of aldehydes is 1. The highest BCUT2D eigenvalue weighted by Crippen LogP contribution is 2.46. The summed E-state index contributed by atoms with van der Waals surface area (Å²) < 4.78 is 0. The molecular formula is C7H12OS. The first-order valence-corrected chi connectivity index (χ1v) is 4.68. The van der Waals surface area contributed by atoms with Crippen molar-refractivity contribution in [2.45, 2.75) is 19.3 Å². The molecule has 1 saturated carbocycles. The normalized spacial score (nSPS) is 21.4. The van der Waals surface area contributed by atoms with Gasteiger partial charge in [-0.15, -0.1) is 0 Å². The van der Waals surface area contributed by atoms with Crippen molar-refractivity contribution in [1.29, 1.82) is 0 Å². The second-order valence-electron chi connectivity index (χ2n) is 2.72. The van der Waals surface area contributed by atoms with Gasteiger partial charge in [0.1, 0.15) is 6.29 Å². The summed E-state index contributed by atoms with van der Waals surface area (Å²) in [5.74, 6) is 1.14. The third-order valence-electron chi connectivity index (χ3n) is 1.95. The average molecular weight is 144 g/mol. The number of rotatable bonds is 4. The highest BCUT2D eigenvalue weighted by molar-refractivity contribution is 7.98. The van der Waals surface area contributed by atoms with Gasteiger partial charge in [-0.1, -0.05) is 0 Å². The molecule has 2 heteroatoms. The highest BCUT2D eigenvalue weighted by atomic mass is 32.2. The maximum Gasteiger partial charge on any atom is 0.126 e. The van der Waals surface area contributed by atoms with Gasteiger partial charge in [-0.3, -0.25) is 0 Å². The Balaban J connectivity index is 2.17. The summed E-state index contributed by atoms with van der Waals surface area (Å²) in [5.41, 5.74) is 0.142. The highest BCUT2D eigenvalue weighted by Gasteiger charge is 2.41. The molecule has 0 bridgehead atoms. The van der Waals surface area contributed by atoms with E-state index in [1.165, 1.54) is 0 Å². The van der Waals surface area contributed by atoms with Crippen LogP contribution >= 0.6 is 11.8 Å². The minimum absolute atomic E-state index is 0.142. The Labute approximate surface area is 60.2 Å². The summed E-state index contributed by atoms with van der Waals surface area (Å²) in [5, 5.41) is 0. The maximum absolute atomic E-state index is 10.4. The van der Waals surface area contributed by atoms with Crippen molar-refractivity contribution in [3.05, 3.63) is 0 Å². The molecule has 0 saturated heterocycles. The van der Waals surface area contributed by atoms with Crippen LogP contribution in [-0.4, -0.2) is 18.3 Å². The van der Waals surface area contributed by atoms with E-state index in [2.05, 4.69) is 6.26 Å². The topological polar surface area (TPSA) is 17.1 Å². The smallest absolute Gasteiger partial charge is 0.126 e. The molecule has 1 nitrogen and oxygen atoms in total. The van der Waals surface area contributed by atoms with E-state index in [0.29, 0.717) is 0 Å². The molecule has 1 rings (SSSR count). The quantitative estimate of drug-likeness (QED) is 0.559. The van der Waals surface area contributed by atoms with Crippen molar-refractivity contribution in [3.63, 3.8) is 0 Å². The molecule has 9 heavy (non-hydrogen) atoms. The summed E-state index contributed by atoms with van der Waals surface area (Å²) in [7, 11) is 0. The number of thioether (sulfide) groups is 1. The monoisotopic (exact) mass is 144 g/mol. The van der Waals surface area contributed by atoms with Gasteiger partial charge in [-0.25, -0.2) is 0 Å². The third-order valence-corrected chi connectivity index (χ3v) is 2.56. The first-order valence-electron chi connectivity index (χ1n) is 3.28. The summed E-state index contributed by atoms with van der Waals surface area (Å²) in [6.07, 6.45) is 6.59. The van der Waals surface area contributed by atoms with Gasteiger partial charge < -0.3 is 4.79 Å². The molecule has 0 N–H and O–H groups in total. The molecule has 0 aromatic rings. The van der Waals surface area contributed by atoms with E-state index in [4.69, 9.17) is 0 Å². The van der Waals surface area contributed by atoms with Gasteiger partial charge in [0.05, 0.1) is 0 Å². The van der Waals surface area contributed by atoms with E-state index in [1.807, 2.05) is 11.8 Å². The van der Waals surface area contributed by atoms with Crippen molar-refractivity contribution in [3.8, 4) is 0 Å². The van der Waals surface area contributed by atoms with Gasteiger partial charge in [0.25, 0.3) is 0 Å². The molecule has 0 aromatic carbocycles. The van der Waals surface area contributed by atoms with Crippen LogP contribution in [0.4, 0.5) is 0 Å². The lowest BCUT2D eigenvalue weighted by atomic mass is 10.1. The Morgan fingerprint density at radius 3 is 2.67 bits per heavy atom. The third kappa shape index (κ3) is 1.71. The fourth-order valence-electron chi connectivity index (χ4n) is 0.893. The van der Waals surface area contributed by atoms with E-state index >= 15 is 0 Å². The van der Waals surface area contributed by atoms with Gasteiger partial charge in [-0.2, -0.15) is 11.8 Å². The Morgan fingerprint density at radius 1 is 1.67 bits per heavy atom. The summed E-state index contributed by atoms with van der Waals surface area (Å²) >= 11 is 1.82. The van der Waals surface area contributed by atoms with Crippen LogP contribution < -0.4 is 0 Å². The lowest BCUT2D eigenvalue weighted by Gasteiger charge is -2.02. The zero-order valence-corrected chi connectivity index (χ0v) is 6.54. The molecule has 0 radical (unpaired) electrons. The predicted molar refractivity (Wildman–Crippen MR) is 40.7 cm³/mol. The first kappa shape index (κ1) is 7.13. The number of carbonyl (C=O) groups excluding carboxylic acids is 1. The Morgan fingerprint density at radius 2 is 2.33 bits per heavy atom. The fourth-order valence-corrected chi connectivity index (χ4v) is 1.50. The fraction of sp³-hybridized carbons (Fsp3) is 0.857. The largest absolute Gasteiger partial charge is 0.303 e. The second-order valence-corrected chi connectivity index (χ2v) is 3.71. The van der Waals surface area contributed by atoms with Gasteiger partial charge in [-0.05, 0) is 31.3 Å². The van der Waals surface area contributed by atoms with Crippen LogP contribution in [0.2, 0.25) is 0 Å². The second kappa shape index (κ2) is 2.74. The van der Waals surface area contributed by atoms with Crippen molar-refractivity contribution < 1.29 is 4.79 Å². The van der Waals surface area contributed by atoms with E-state index < -0.39 is 0 Å². The summed E-state index contributed by atoms with van der Waals surface area (Å²) in [6.45, 7) is 0. The molecule has 1 aliphatic carbocycles. The predicted octanol–water partition coefficient (Wildman–Crippen LogP) is 1.72. The van der Waals surface area contributed by atoms with Gasteiger partial charge in [0, 0.05) is 5.41 Å². The first-order chi connectivity index (χ1) is 4.33. The molecule has 0 atom stereocenters. The van der Waals surface area contributed by atoms with Gasteiger partial charge in [0.2, 0.25) is 0 Å². The molecule has 1 fully saturated rings. The van der Waals surface area contributed by atoms with Crippen LogP contribution in [0.5, 0.6) is 0 Å². The van der Waals surface area contributed by atoms with Crippen LogP contribution in [-0.2, 0) is 4.79 Å². The minimum Gasteiger partial charge on any atom is -0.303 e. The standard InChI is InChI=1S/C7H12OS/c1-9-5-4-7(6-8)2-3-7/h6H,2-5H2,1H3. The molecule has 0 aromatic heterocycles. The lowest BCUT2D eigenvalue weighted by molar-refractivity contribution is -0.112. The van der Waals surface area contributed by atoms with E-state index in [-0.39, 0.29) is 5.41 Å². The maximum atomic E-state index is 10.4. The number of hydrogen-bond acceptors (Lipinski definition) is 2. The van der Waals surface area contributed by atoms with Gasteiger partial charge >= 0.3 is 0 Å². The van der Waals surface area contributed by atoms with E-state index in [1.54, 1.807) is 0 Å². The minimum atomic E-state index is 0.142.